The number of allylic oxidation sites excluding steroid dienone is 2. The molecule has 5 N–H and O–H groups in total. The summed E-state index contributed by atoms with van der Waals surface area (Å²) < 4.78 is 23.1. The maximum absolute atomic E-state index is 13.9. The SMILES string of the molecule is CCCCC(C)(I)C1CC(=O)N(CCC(=O)N(C)CCCOc2cc(C(N)=O)cc3nc(NC(=O)c4oc(C)nc4CC)n(C/C=C/Cn4c5nc(-c6cc(C)nn6CC)ncc5c5cc(C(N)=O)cc(OC)c54)c23)C1=O. The van der Waals surface area contributed by atoms with E-state index in [1.165, 1.54) is 29.0 Å². The van der Waals surface area contributed by atoms with E-state index in [0.717, 1.165) is 30.7 Å². The van der Waals surface area contributed by atoms with Crippen molar-refractivity contribution in [3.63, 3.8) is 0 Å². The van der Waals surface area contributed by atoms with Crippen LogP contribution < -0.4 is 26.3 Å². The van der Waals surface area contributed by atoms with Gasteiger partial charge in [0.05, 0.1) is 42.1 Å². The quantitative estimate of drug-likeness (QED) is 0.0179. The number of nitrogens with one attached hydrogen (secondary N) is 1. The van der Waals surface area contributed by atoms with E-state index in [1.54, 1.807) is 36.9 Å². The van der Waals surface area contributed by atoms with Gasteiger partial charge in [0.1, 0.15) is 28.4 Å². The summed E-state index contributed by atoms with van der Waals surface area (Å²) in [6.45, 7) is 12.8. The standard InChI is InChI=1S/C54H64IN13O9/c1-9-12-17-54(6,55)36-28-43(70)65(52(36)74)21-16-42(69)64(7)18-15-22-76-41-27-33(48(57)72)25-38-45(41)67(53(60-38)62-51(73)46-37(10-2)59-31(5)77-46)20-14-13-19-66-44-34(24-32(47(56)71)26-40(44)75-8)35-29-58-49(61-50(35)66)39-23-30(4)63-68(39)11-3/h13-14,23-27,29,36H,9-12,15-22,28H2,1-8H3,(H2,56,71)(H2,57,72)(H,60,62,73)/b14-13+. The zero-order chi connectivity index (χ0) is 55.5. The van der Waals surface area contributed by atoms with E-state index in [2.05, 4.69) is 44.9 Å². The predicted octanol–water partition coefficient (Wildman–Crippen LogP) is 7.08. The van der Waals surface area contributed by atoms with Gasteiger partial charge in [0.15, 0.2) is 11.7 Å². The molecule has 1 fully saturated rings. The molecular formula is C54H64IN13O9. The van der Waals surface area contributed by atoms with Gasteiger partial charge >= 0.3 is 0 Å². The highest BCUT2D eigenvalue weighted by Crippen LogP contribution is 2.41. The highest BCUT2D eigenvalue weighted by molar-refractivity contribution is 14.1. The maximum Gasteiger partial charge on any atom is 0.295 e. The summed E-state index contributed by atoms with van der Waals surface area (Å²) in [5.41, 5.74) is 15.9. The molecule has 0 bridgehead atoms. The lowest BCUT2D eigenvalue weighted by Gasteiger charge is -2.28. The van der Waals surface area contributed by atoms with Crippen molar-refractivity contribution in [2.24, 2.45) is 17.4 Å². The number of rotatable bonds is 24. The Morgan fingerprint density at radius 3 is 2.34 bits per heavy atom. The first-order chi connectivity index (χ1) is 36.8. The van der Waals surface area contributed by atoms with Crippen molar-refractivity contribution in [1.82, 2.24) is 48.7 Å². The summed E-state index contributed by atoms with van der Waals surface area (Å²) in [6, 6.07) is 8.23. The van der Waals surface area contributed by atoms with Crippen LogP contribution in [0.15, 0.2) is 53.1 Å². The molecule has 77 heavy (non-hydrogen) atoms. The number of carbonyl (C=O) groups is 6. The lowest BCUT2D eigenvalue weighted by atomic mass is 9.88. The molecule has 23 heteroatoms. The largest absolute Gasteiger partial charge is 0.495 e. The van der Waals surface area contributed by atoms with E-state index in [9.17, 15) is 28.8 Å². The Bertz CT molecular complexity index is 3480. The van der Waals surface area contributed by atoms with Gasteiger partial charge in [-0.05, 0) is 70.4 Å². The molecule has 6 heterocycles. The number of carbonyl (C=O) groups excluding carboxylic acids is 6. The number of fused-ring (bicyclic) bond motifs is 4. The normalized spacial score (nSPS) is 14.6. The van der Waals surface area contributed by atoms with Gasteiger partial charge in [-0.25, -0.2) is 19.9 Å². The summed E-state index contributed by atoms with van der Waals surface area (Å²) in [5.74, 6) is -1.57. The van der Waals surface area contributed by atoms with Crippen LogP contribution in [-0.2, 0) is 40.4 Å². The zero-order valence-electron chi connectivity index (χ0n) is 44.6. The average Bonchev–Trinajstić information content (AvgIpc) is 4.23. The van der Waals surface area contributed by atoms with Gasteiger partial charge in [-0.15, -0.1) is 0 Å². The zero-order valence-corrected chi connectivity index (χ0v) is 46.7. The highest BCUT2D eigenvalue weighted by atomic mass is 127. The van der Waals surface area contributed by atoms with Gasteiger partial charge in [-0.1, -0.05) is 61.4 Å². The van der Waals surface area contributed by atoms with Crippen LogP contribution in [0.5, 0.6) is 11.5 Å². The highest BCUT2D eigenvalue weighted by Gasteiger charge is 2.47. The number of primary amides is 2. The first kappa shape index (κ1) is 55.5. The van der Waals surface area contributed by atoms with E-state index >= 15 is 0 Å². The molecule has 6 amide bonds. The topological polar surface area (TPSA) is 284 Å². The number of hydrogen-bond donors (Lipinski definition) is 3. The number of benzene rings is 2. The number of ether oxygens (including phenoxy) is 2. The van der Waals surface area contributed by atoms with E-state index in [4.69, 9.17) is 40.3 Å². The first-order valence-electron chi connectivity index (χ1n) is 25.7. The number of aromatic nitrogens is 8. The number of halogens is 1. The molecule has 5 aromatic heterocycles. The van der Waals surface area contributed by atoms with Gasteiger partial charge in [-0.2, -0.15) is 5.10 Å². The van der Waals surface area contributed by atoms with Crippen molar-refractivity contribution in [3.05, 3.63) is 82.8 Å². The molecular weight excluding hydrogens is 1100 g/mol. The number of imidazole rings is 1. The fourth-order valence-electron chi connectivity index (χ4n) is 9.78. The smallest absolute Gasteiger partial charge is 0.295 e. The Morgan fingerprint density at radius 1 is 0.935 bits per heavy atom. The van der Waals surface area contributed by atoms with Crippen LogP contribution in [0.2, 0.25) is 0 Å². The van der Waals surface area contributed by atoms with Crippen molar-refractivity contribution in [2.75, 3.05) is 39.2 Å². The van der Waals surface area contributed by atoms with E-state index in [-0.39, 0.29) is 95.4 Å². The molecule has 22 nitrogen and oxygen atoms in total. The van der Waals surface area contributed by atoms with E-state index in [0.29, 0.717) is 75.5 Å². The molecule has 0 saturated carbocycles. The summed E-state index contributed by atoms with van der Waals surface area (Å²) in [5, 5.41) is 8.80. The maximum atomic E-state index is 13.9. The number of nitrogens with two attached hydrogens (primary N) is 2. The van der Waals surface area contributed by atoms with Gasteiger partial charge in [-0.3, -0.25) is 43.7 Å². The van der Waals surface area contributed by atoms with Crippen molar-refractivity contribution < 1.29 is 42.7 Å². The Morgan fingerprint density at radius 2 is 1.65 bits per heavy atom. The number of aryl methyl sites for hydroxylation is 4. The van der Waals surface area contributed by atoms with Gasteiger partial charge < -0.3 is 39.4 Å². The third-order valence-corrected chi connectivity index (χ3v) is 15.2. The van der Waals surface area contributed by atoms with Crippen LogP contribution in [0.25, 0.3) is 44.5 Å². The fourth-order valence-corrected chi connectivity index (χ4v) is 10.7. The number of methoxy groups -OCH3 is 1. The predicted molar refractivity (Wildman–Crippen MR) is 297 cm³/mol. The summed E-state index contributed by atoms with van der Waals surface area (Å²) in [7, 11) is 3.16. The molecule has 0 radical (unpaired) electrons. The Balaban J connectivity index is 1.08. The second-order valence-corrected chi connectivity index (χ2v) is 21.8. The monoisotopic (exact) mass is 1170 g/mol. The van der Waals surface area contributed by atoms with Crippen LogP contribution in [0.3, 0.4) is 0 Å². The number of unbranched alkanes of at least 4 members (excludes halogenated alkanes) is 1. The Kier molecular flexibility index (Phi) is 16.8. The van der Waals surface area contributed by atoms with Crippen LogP contribution in [0, 0.1) is 19.8 Å². The first-order valence-corrected chi connectivity index (χ1v) is 26.7. The number of anilines is 1. The molecule has 8 rings (SSSR count). The summed E-state index contributed by atoms with van der Waals surface area (Å²) in [6.07, 6.45) is 9.15. The number of nitrogens with zero attached hydrogens (tertiary/aromatic N) is 10. The van der Waals surface area contributed by atoms with Gasteiger partial charge in [0, 0.05) is 91.1 Å². The lowest BCUT2D eigenvalue weighted by Crippen LogP contribution is -2.39. The third kappa shape index (κ3) is 11.5. The number of amides is 6. The molecule has 7 aromatic rings. The molecule has 0 spiro atoms. The molecule has 2 atom stereocenters. The number of likely N-dealkylation sites (tertiary alicyclic amines) is 1. The Labute approximate surface area is 458 Å². The van der Waals surface area contributed by atoms with Crippen molar-refractivity contribution >= 4 is 97.0 Å². The van der Waals surface area contributed by atoms with Crippen LogP contribution in [0.4, 0.5) is 5.95 Å². The minimum absolute atomic E-state index is 0.00512. The average molecular weight is 1170 g/mol. The van der Waals surface area contributed by atoms with Crippen molar-refractivity contribution in [2.45, 2.75) is 110 Å². The van der Waals surface area contributed by atoms with Crippen molar-refractivity contribution in [3.8, 4) is 23.0 Å². The van der Waals surface area contributed by atoms with E-state index in [1.807, 2.05) is 55.2 Å². The third-order valence-electron chi connectivity index (χ3n) is 13.9. The summed E-state index contributed by atoms with van der Waals surface area (Å²) in [4.78, 5) is 101. The van der Waals surface area contributed by atoms with Crippen LogP contribution >= 0.6 is 22.6 Å². The number of alkyl halides is 1. The lowest BCUT2D eigenvalue weighted by molar-refractivity contribution is -0.140. The van der Waals surface area contributed by atoms with Crippen molar-refractivity contribution in [1.29, 1.82) is 0 Å². The minimum atomic E-state index is -0.733. The van der Waals surface area contributed by atoms with Gasteiger partial charge in [0.25, 0.3) is 5.91 Å². The number of imide groups is 1. The molecule has 0 aliphatic carbocycles. The van der Waals surface area contributed by atoms with Crippen LogP contribution in [0.1, 0.15) is 115 Å². The summed E-state index contributed by atoms with van der Waals surface area (Å²) >= 11 is 2.30. The molecule has 1 saturated heterocycles. The molecule has 1 aliphatic rings. The Hall–Kier alpha value is -7.70. The van der Waals surface area contributed by atoms with Crippen LogP contribution in [-0.4, -0.2) is 121 Å². The molecule has 1 aliphatic heterocycles. The number of oxazole rings is 1. The van der Waals surface area contributed by atoms with E-state index < -0.39 is 23.6 Å². The second kappa shape index (κ2) is 23.3. The molecule has 2 aromatic carbocycles. The molecule has 406 valence electrons. The number of hydrogen-bond acceptors (Lipinski definition) is 14. The molecule has 2 unspecified atom stereocenters. The second-order valence-electron chi connectivity index (χ2n) is 19.3. The van der Waals surface area contributed by atoms with Gasteiger partial charge in [0.2, 0.25) is 41.2 Å². The fraction of sp³-hybridized carbons (Fsp3) is 0.426. The minimum Gasteiger partial charge on any atom is -0.495 e.